The van der Waals surface area contributed by atoms with Crippen LogP contribution in [-0.4, -0.2) is 26.9 Å². The van der Waals surface area contributed by atoms with Crippen molar-refractivity contribution < 1.29 is 4.74 Å². The van der Waals surface area contributed by atoms with E-state index in [0.29, 0.717) is 18.4 Å². The smallest absolute Gasteiger partial charge is 0.226 e. The van der Waals surface area contributed by atoms with Crippen molar-refractivity contribution in [2.24, 2.45) is 0 Å². The average Bonchev–Trinajstić information content (AvgIpc) is 3.07. The number of ether oxygens (including phenoxy) is 1. The van der Waals surface area contributed by atoms with Crippen molar-refractivity contribution in [1.29, 1.82) is 0 Å². The topological polar surface area (TPSA) is 64.9 Å². The normalized spacial score (nSPS) is 10.4. The van der Waals surface area contributed by atoms with Crippen LogP contribution in [0.1, 0.15) is 11.1 Å². The Labute approximate surface area is 128 Å². The van der Waals surface area contributed by atoms with E-state index in [-0.39, 0.29) is 0 Å². The molecule has 0 saturated heterocycles. The largest absolute Gasteiger partial charge is 0.481 e. The van der Waals surface area contributed by atoms with E-state index in [0.717, 1.165) is 6.54 Å². The molecule has 3 aromatic rings. The summed E-state index contributed by atoms with van der Waals surface area (Å²) in [5.41, 5.74) is 2.39. The minimum absolute atomic E-state index is 0.544. The van der Waals surface area contributed by atoms with Crippen molar-refractivity contribution in [3.8, 4) is 5.88 Å². The highest BCUT2D eigenvalue weighted by Gasteiger charge is 2.04. The highest BCUT2D eigenvalue weighted by molar-refractivity contribution is 5.33. The number of benzene rings is 1. The second kappa shape index (κ2) is 6.71. The van der Waals surface area contributed by atoms with Gasteiger partial charge in [0, 0.05) is 31.2 Å². The van der Waals surface area contributed by atoms with Gasteiger partial charge in [0.1, 0.15) is 0 Å². The molecule has 0 fully saturated rings. The third-order valence-electron chi connectivity index (χ3n) is 3.29. The molecule has 6 heteroatoms. The molecule has 0 unspecified atom stereocenters. The SMILES string of the molecule is COc1ccnc(NCc2ccccc2Cn2cccn2)n1. The van der Waals surface area contributed by atoms with Crippen LogP contribution >= 0.6 is 0 Å². The molecule has 0 saturated carbocycles. The number of nitrogens with zero attached hydrogens (tertiary/aromatic N) is 4. The maximum Gasteiger partial charge on any atom is 0.226 e. The molecule has 0 spiro atoms. The minimum atomic E-state index is 0.544. The number of hydrogen-bond donors (Lipinski definition) is 1. The number of methoxy groups -OCH3 is 1. The van der Waals surface area contributed by atoms with E-state index in [1.807, 2.05) is 29.1 Å². The van der Waals surface area contributed by atoms with Crippen molar-refractivity contribution >= 4 is 5.95 Å². The van der Waals surface area contributed by atoms with Crippen LogP contribution in [0.3, 0.4) is 0 Å². The predicted octanol–water partition coefficient (Wildman–Crippen LogP) is 2.34. The van der Waals surface area contributed by atoms with Gasteiger partial charge in [-0.3, -0.25) is 4.68 Å². The van der Waals surface area contributed by atoms with Crippen LogP contribution in [-0.2, 0) is 13.1 Å². The maximum absolute atomic E-state index is 5.10. The monoisotopic (exact) mass is 295 g/mol. The molecular formula is C16H17N5O. The zero-order chi connectivity index (χ0) is 15.2. The van der Waals surface area contributed by atoms with Crippen LogP contribution in [0.4, 0.5) is 5.95 Å². The van der Waals surface area contributed by atoms with E-state index >= 15 is 0 Å². The molecule has 0 aliphatic rings. The Morgan fingerprint density at radius 1 is 1.09 bits per heavy atom. The maximum atomic E-state index is 5.10. The summed E-state index contributed by atoms with van der Waals surface area (Å²) < 4.78 is 7.00. The van der Waals surface area contributed by atoms with Gasteiger partial charge >= 0.3 is 0 Å². The van der Waals surface area contributed by atoms with Crippen molar-refractivity contribution in [1.82, 2.24) is 19.7 Å². The van der Waals surface area contributed by atoms with Crippen LogP contribution in [0.5, 0.6) is 5.88 Å². The van der Waals surface area contributed by atoms with Crippen molar-refractivity contribution in [3.05, 3.63) is 66.1 Å². The predicted molar refractivity (Wildman–Crippen MR) is 83.7 cm³/mol. The van der Waals surface area contributed by atoms with E-state index in [4.69, 9.17) is 4.74 Å². The first kappa shape index (κ1) is 14.1. The van der Waals surface area contributed by atoms with E-state index < -0.39 is 0 Å². The number of hydrogen-bond acceptors (Lipinski definition) is 5. The first-order chi connectivity index (χ1) is 10.8. The van der Waals surface area contributed by atoms with Gasteiger partial charge < -0.3 is 10.1 Å². The van der Waals surface area contributed by atoms with E-state index in [1.54, 1.807) is 25.6 Å². The van der Waals surface area contributed by atoms with Gasteiger partial charge in [-0.2, -0.15) is 10.1 Å². The molecule has 0 atom stereocenters. The molecule has 1 N–H and O–H groups in total. The van der Waals surface area contributed by atoms with E-state index in [1.165, 1.54) is 11.1 Å². The molecule has 3 rings (SSSR count). The number of nitrogens with one attached hydrogen (secondary N) is 1. The van der Waals surface area contributed by atoms with Gasteiger partial charge in [-0.05, 0) is 17.2 Å². The zero-order valence-corrected chi connectivity index (χ0v) is 12.3. The Bertz CT molecular complexity index is 727. The van der Waals surface area contributed by atoms with E-state index in [2.05, 4.69) is 32.5 Å². The Hall–Kier alpha value is -2.89. The summed E-state index contributed by atoms with van der Waals surface area (Å²) in [4.78, 5) is 8.44. The summed E-state index contributed by atoms with van der Waals surface area (Å²) in [6, 6.07) is 11.9. The lowest BCUT2D eigenvalue weighted by atomic mass is 10.1. The highest BCUT2D eigenvalue weighted by atomic mass is 16.5. The fraction of sp³-hybridized carbons (Fsp3) is 0.188. The number of rotatable bonds is 6. The molecular weight excluding hydrogens is 278 g/mol. The van der Waals surface area contributed by atoms with Crippen LogP contribution in [0.25, 0.3) is 0 Å². The first-order valence-corrected chi connectivity index (χ1v) is 7.00. The van der Waals surface area contributed by atoms with Crippen molar-refractivity contribution in [2.75, 3.05) is 12.4 Å². The average molecular weight is 295 g/mol. The van der Waals surface area contributed by atoms with Gasteiger partial charge in [0.05, 0.1) is 13.7 Å². The Balaban J connectivity index is 1.72. The first-order valence-electron chi connectivity index (χ1n) is 7.00. The third kappa shape index (κ3) is 3.41. The molecule has 2 aromatic heterocycles. The third-order valence-corrected chi connectivity index (χ3v) is 3.29. The highest BCUT2D eigenvalue weighted by Crippen LogP contribution is 2.13. The number of aromatic nitrogens is 4. The van der Waals surface area contributed by atoms with Gasteiger partial charge in [-0.15, -0.1) is 0 Å². The molecule has 6 nitrogen and oxygen atoms in total. The molecule has 0 bridgehead atoms. The lowest BCUT2D eigenvalue weighted by Crippen LogP contribution is -2.08. The van der Waals surface area contributed by atoms with Crippen molar-refractivity contribution in [2.45, 2.75) is 13.1 Å². The molecule has 0 amide bonds. The summed E-state index contributed by atoms with van der Waals surface area (Å²) in [5.74, 6) is 1.09. The molecule has 2 heterocycles. The molecule has 0 radical (unpaired) electrons. The van der Waals surface area contributed by atoms with Crippen LogP contribution < -0.4 is 10.1 Å². The van der Waals surface area contributed by atoms with Gasteiger partial charge in [0.25, 0.3) is 0 Å². The van der Waals surface area contributed by atoms with Crippen molar-refractivity contribution in [3.63, 3.8) is 0 Å². The number of anilines is 1. The zero-order valence-electron chi connectivity index (χ0n) is 12.3. The second-order valence-corrected chi connectivity index (χ2v) is 4.75. The minimum Gasteiger partial charge on any atom is -0.481 e. The summed E-state index contributed by atoms with van der Waals surface area (Å²) >= 11 is 0. The fourth-order valence-corrected chi connectivity index (χ4v) is 2.17. The lowest BCUT2D eigenvalue weighted by Gasteiger charge is -2.11. The molecule has 22 heavy (non-hydrogen) atoms. The summed E-state index contributed by atoms with van der Waals surface area (Å²) in [7, 11) is 1.59. The summed E-state index contributed by atoms with van der Waals surface area (Å²) in [6.45, 7) is 1.38. The standard InChI is InChI=1S/C16H17N5O/c1-22-15-7-9-17-16(20-15)18-11-13-5-2-3-6-14(13)12-21-10-4-8-19-21/h2-10H,11-12H2,1H3,(H,17,18,20). The molecule has 112 valence electrons. The van der Waals surface area contributed by atoms with Crippen LogP contribution in [0.2, 0.25) is 0 Å². The Morgan fingerprint density at radius 3 is 2.73 bits per heavy atom. The van der Waals surface area contributed by atoms with E-state index in [9.17, 15) is 0 Å². The van der Waals surface area contributed by atoms with Gasteiger partial charge in [-0.1, -0.05) is 24.3 Å². The van der Waals surface area contributed by atoms with Gasteiger partial charge in [-0.25, -0.2) is 4.98 Å². The van der Waals surface area contributed by atoms with Crippen LogP contribution in [0, 0.1) is 0 Å². The quantitative estimate of drug-likeness (QED) is 0.756. The lowest BCUT2D eigenvalue weighted by molar-refractivity contribution is 0.397. The molecule has 1 aromatic carbocycles. The molecule has 0 aliphatic carbocycles. The Kier molecular flexibility index (Phi) is 4.29. The summed E-state index contributed by atoms with van der Waals surface area (Å²) in [5, 5.41) is 7.47. The van der Waals surface area contributed by atoms with Gasteiger partial charge in [0.15, 0.2) is 0 Å². The second-order valence-electron chi connectivity index (χ2n) is 4.75. The fourth-order valence-electron chi connectivity index (χ4n) is 2.17. The Morgan fingerprint density at radius 2 is 1.95 bits per heavy atom. The van der Waals surface area contributed by atoms with Gasteiger partial charge in [0.2, 0.25) is 11.8 Å². The van der Waals surface area contributed by atoms with Crippen LogP contribution in [0.15, 0.2) is 55.0 Å². The summed E-state index contributed by atoms with van der Waals surface area (Å²) in [6.07, 6.45) is 5.41. The molecule has 0 aliphatic heterocycles.